The molecule has 2 aromatic carbocycles. The monoisotopic (exact) mass is 439 g/mol. The van der Waals surface area contributed by atoms with Gasteiger partial charge in [-0.05, 0) is 30.7 Å². The number of halogens is 1. The van der Waals surface area contributed by atoms with E-state index in [2.05, 4.69) is 10.5 Å². The van der Waals surface area contributed by atoms with Crippen molar-refractivity contribution in [2.45, 2.75) is 18.9 Å². The molecule has 9 heteroatoms. The molecule has 32 heavy (non-hydrogen) atoms. The van der Waals surface area contributed by atoms with Crippen molar-refractivity contribution in [2.24, 2.45) is 0 Å². The minimum absolute atomic E-state index is 0.222. The van der Waals surface area contributed by atoms with Crippen LogP contribution in [0.5, 0.6) is 11.5 Å². The molecule has 0 unspecified atom stereocenters. The first kappa shape index (κ1) is 21.4. The van der Waals surface area contributed by atoms with Crippen LogP contribution >= 0.6 is 0 Å². The molecule has 166 valence electrons. The molecule has 2 atom stereocenters. The van der Waals surface area contributed by atoms with E-state index in [1.165, 1.54) is 31.3 Å². The van der Waals surface area contributed by atoms with Gasteiger partial charge in [0.25, 0.3) is 5.91 Å². The molecule has 2 amide bonds. The number of carbonyl (C=O) groups excluding carboxylic acids is 2. The SMILES string of the molecule is COc1cc2c(cc1OC)[C@H](C(=O)Nc1cc(C)on1)[C@H](c1ccccc1F)N(C)C2=O. The van der Waals surface area contributed by atoms with Crippen molar-refractivity contribution in [1.82, 2.24) is 10.1 Å². The van der Waals surface area contributed by atoms with Crippen molar-refractivity contribution in [2.75, 3.05) is 26.6 Å². The van der Waals surface area contributed by atoms with E-state index in [0.717, 1.165) is 0 Å². The molecule has 0 radical (unpaired) electrons. The van der Waals surface area contributed by atoms with Crippen LogP contribution in [0.2, 0.25) is 0 Å². The number of likely N-dealkylation sites (N-methyl/N-ethyl adjacent to an activating group) is 1. The zero-order chi connectivity index (χ0) is 23.0. The maximum Gasteiger partial charge on any atom is 0.254 e. The lowest BCUT2D eigenvalue weighted by atomic mass is 9.79. The Balaban J connectivity index is 1.91. The standard InChI is InChI=1S/C23H22FN3O5/c1-12-9-19(26-32-12)25-22(28)20-14-10-17(30-3)18(31-4)11-15(14)23(29)27(2)21(20)13-7-5-6-8-16(13)24/h5-11,20-21H,1-4H3,(H,25,26,28)/t20-,21-/m0/s1. The third kappa shape index (κ3) is 3.55. The summed E-state index contributed by atoms with van der Waals surface area (Å²) < 4.78 is 30.6. The summed E-state index contributed by atoms with van der Waals surface area (Å²) in [7, 11) is 4.46. The second-order valence-corrected chi connectivity index (χ2v) is 7.47. The van der Waals surface area contributed by atoms with Gasteiger partial charge >= 0.3 is 0 Å². The van der Waals surface area contributed by atoms with Crippen molar-refractivity contribution < 1.29 is 28.0 Å². The zero-order valence-electron chi connectivity index (χ0n) is 18.0. The summed E-state index contributed by atoms with van der Waals surface area (Å²) in [6.45, 7) is 1.70. The molecule has 0 aliphatic carbocycles. The second-order valence-electron chi connectivity index (χ2n) is 7.47. The molecule has 4 rings (SSSR count). The molecule has 0 spiro atoms. The predicted octanol–water partition coefficient (Wildman–Crippen LogP) is 3.69. The van der Waals surface area contributed by atoms with Gasteiger partial charge in [-0.3, -0.25) is 9.59 Å². The van der Waals surface area contributed by atoms with E-state index in [4.69, 9.17) is 14.0 Å². The number of benzene rings is 2. The minimum atomic E-state index is -0.957. The van der Waals surface area contributed by atoms with Gasteiger partial charge in [0.15, 0.2) is 17.3 Å². The van der Waals surface area contributed by atoms with Crippen LogP contribution in [0.3, 0.4) is 0 Å². The highest BCUT2D eigenvalue weighted by atomic mass is 19.1. The van der Waals surface area contributed by atoms with Crippen LogP contribution in [0, 0.1) is 12.7 Å². The summed E-state index contributed by atoms with van der Waals surface area (Å²) in [5.41, 5.74) is 0.895. The first-order chi connectivity index (χ1) is 15.3. The number of methoxy groups -OCH3 is 2. The third-order valence-electron chi connectivity index (χ3n) is 5.56. The Morgan fingerprint density at radius 2 is 1.81 bits per heavy atom. The number of hydrogen-bond acceptors (Lipinski definition) is 6. The maximum atomic E-state index is 14.8. The lowest BCUT2D eigenvalue weighted by Gasteiger charge is -2.40. The van der Waals surface area contributed by atoms with E-state index in [1.807, 2.05) is 0 Å². The number of nitrogens with one attached hydrogen (secondary N) is 1. The average Bonchev–Trinajstić information content (AvgIpc) is 3.20. The number of nitrogens with zero attached hydrogens (tertiary/aromatic N) is 2. The van der Waals surface area contributed by atoms with Gasteiger partial charge in [0.05, 0.1) is 26.2 Å². The quantitative estimate of drug-likeness (QED) is 0.652. The fourth-order valence-electron chi connectivity index (χ4n) is 4.06. The second kappa shape index (κ2) is 8.33. The molecule has 0 bridgehead atoms. The summed E-state index contributed by atoms with van der Waals surface area (Å²) >= 11 is 0. The number of carbonyl (C=O) groups is 2. The predicted molar refractivity (Wildman–Crippen MR) is 113 cm³/mol. The molecule has 8 nitrogen and oxygen atoms in total. The van der Waals surface area contributed by atoms with Crippen LogP contribution < -0.4 is 14.8 Å². The summed E-state index contributed by atoms with van der Waals surface area (Å²) in [5.74, 6) is -0.864. The van der Waals surface area contributed by atoms with E-state index >= 15 is 0 Å². The third-order valence-corrected chi connectivity index (χ3v) is 5.56. The van der Waals surface area contributed by atoms with Gasteiger partial charge in [0, 0.05) is 24.2 Å². The lowest BCUT2D eigenvalue weighted by Crippen LogP contribution is -2.44. The molecule has 2 heterocycles. The highest BCUT2D eigenvalue weighted by Gasteiger charge is 2.44. The average molecular weight is 439 g/mol. The number of aromatic nitrogens is 1. The van der Waals surface area contributed by atoms with Crippen LogP contribution in [-0.2, 0) is 4.79 Å². The minimum Gasteiger partial charge on any atom is -0.493 e. The summed E-state index contributed by atoms with van der Waals surface area (Å²) in [6.07, 6.45) is 0. The van der Waals surface area contributed by atoms with Crippen LogP contribution in [0.25, 0.3) is 0 Å². The number of hydrogen-bond donors (Lipinski definition) is 1. The Hall–Kier alpha value is -3.88. The van der Waals surface area contributed by atoms with Crippen molar-refractivity contribution in [3.63, 3.8) is 0 Å². The van der Waals surface area contributed by atoms with Crippen LogP contribution in [0.4, 0.5) is 10.2 Å². The Morgan fingerprint density at radius 3 is 2.44 bits per heavy atom. The van der Waals surface area contributed by atoms with Gasteiger partial charge in [0.1, 0.15) is 11.6 Å². The van der Waals surface area contributed by atoms with Crippen molar-refractivity contribution in [3.8, 4) is 11.5 Å². The number of aryl methyl sites for hydroxylation is 1. The molecule has 3 aromatic rings. The van der Waals surface area contributed by atoms with Gasteiger partial charge in [-0.1, -0.05) is 23.4 Å². The van der Waals surface area contributed by atoms with Gasteiger partial charge in [-0.2, -0.15) is 0 Å². The molecule has 1 aliphatic heterocycles. The van der Waals surface area contributed by atoms with Crippen LogP contribution in [0.1, 0.15) is 39.2 Å². The normalized spacial score (nSPS) is 17.7. The van der Waals surface area contributed by atoms with Gasteiger partial charge < -0.3 is 24.2 Å². The van der Waals surface area contributed by atoms with E-state index in [1.54, 1.807) is 44.3 Å². The topological polar surface area (TPSA) is 93.9 Å². The van der Waals surface area contributed by atoms with Gasteiger partial charge in [0.2, 0.25) is 5.91 Å². The number of amides is 2. The number of rotatable bonds is 5. The molecule has 0 saturated heterocycles. The Bertz CT molecular complexity index is 1190. The van der Waals surface area contributed by atoms with E-state index in [0.29, 0.717) is 22.8 Å². The number of fused-ring (bicyclic) bond motifs is 1. The Kier molecular flexibility index (Phi) is 5.56. The van der Waals surface area contributed by atoms with E-state index in [-0.39, 0.29) is 22.9 Å². The highest BCUT2D eigenvalue weighted by Crippen LogP contribution is 2.46. The van der Waals surface area contributed by atoms with Crippen LogP contribution in [-0.4, -0.2) is 43.1 Å². The summed E-state index contributed by atoms with van der Waals surface area (Å²) in [5, 5.41) is 6.53. The Labute approximate surface area is 183 Å². The van der Waals surface area contributed by atoms with Crippen molar-refractivity contribution in [1.29, 1.82) is 0 Å². The molecule has 1 N–H and O–H groups in total. The van der Waals surface area contributed by atoms with Crippen molar-refractivity contribution >= 4 is 17.6 Å². The zero-order valence-corrected chi connectivity index (χ0v) is 18.0. The van der Waals surface area contributed by atoms with E-state index < -0.39 is 23.7 Å². The molecule has 1 aromatic heterocycles. The van der Waals surface area contributed by atoms with Gasteiger partial charge in [-0.25, -0.2) is 4.39 Å². The summed E-state index contributed by atoms with van der Waals surface area (Å²) in [6, 6.07) is 9.88. The first-order valence-corrected chi connectivity index (χ1v) is 9.87. The molecular formula is C23H22FN3O5. The largest absolute Gasteiger partial charge is 0.493 e. The molecule has 0 fully saturated rings. The maximum absolute atomic E-state index is 14.8. The molecule has 1 aliphatic rings. The molecule has 0 saturated carbocycles. The number of anilines is 1. The Morgan fingerprint density at radius 1 is 1.12 bits per heavy atom. The van der Waals surface area contributed by atoms with Gasteiger partial charge in [-0.15, -0.1) is 0 Å². The highest BCUT2D eigenvalue weighted by molar-refractivity contribution is 6.04. The lowest BCUT2D eigenvalue weighted by molar-refractivity contribution is -0.119. The molecular weight excluding hydrogens is 417 g/mol. The van der Waals surface area contributed by atoms with Crippen LogP contribution in [0.15, 0.2) is 47.0 Å². The fourth-order valence-corrected chi connectivity index (χ4v) is 4.06. The van der Waals surface area contributed by atoms with E-state index in [9.17, 15) is 14.0 Å². The smallest absolute Gasteiger partial charge is 0.254 e. The first-order valence-electron chi connectivity index (χ1n) is 9.87. The summed E-state index contributed by atoms with van der Waals surface area (Å²) in [4.78, 5) is 28.1. The van der Waals surface area contributed by atoms with Crippen molar-refractivity contribution in [3.05, 3.63) is 70.7 Å². The number of ether oxygens (including phenoxy) is 2. The fraction of sp³-hybridized carbons (Fsp3) is 0.261.